The lowest BCUT2D eigenvalue weighted by Crippen LogP contribution is -2.00. The first kappa shape index (κ1) is 15.1. The predicted molar refractivity (Wildman–Crippen MR) is 94.7 cm³/mol. The Bertz CT molecular complexity index is 1030. The minimum atomic E-state index is -0.271. The quantitative estimate of drug-likeness (QED) is 0.605. The second-order valence-corrected chi connectivity index (χ2v) is 5.50. The van der Waals surface area contributed by atoms with E-state index in [1.807, 2.05) is 36.4 Å². The van der Waals surface area contributed by atoms with E-state index in [0.29, 0.717) is 0 Å². The number of imidazole rings is 1. The first-order valence-corrected chi connectivity index (χ1v) is 7.75. The number of aromatic nitrogens is 3. The molecule has 0 saturated heterocycles. The zero-order valence-corrected chi connectivity index (χ0v) is 13.5. The van der Waals surface area contributed by atoms with Crippen molar-refractivity contribution in [2.75, 3.05) is 12.4 Å². The summed E-state index contributed by atoms with van der Waals surface area (Å²) in [4.78, 5) is 4.35. The van der Waals surface area contributed by atoms with Crippen molar-refractivity contribution in [1.29, 1.82) is 0 Å². The van der Waals surface area contributed by atoms with Crippen LogP contribution in [0.25, 0.3) is 16.9 Å². The standard InChI is InChI=1S/C19H15FN4O/c1-25-16-4-2-3-15(11-16)22-19-12-21-18-10-9-17(23-24(18)19)13-5-7-14(20)8-6-13/h2-12,22H,1H3. The average molecular weight is 334 g/mol. The molecular formula is C19H15FN4O. The largest absolute Gasteiger partial charge is 0.497 e. The van der Waals surface area contributed by atoms with Gasteiger partial charge in [0, 0.05) is 17.3 Å². The van der Waals surface area contributed by atoms with E-state index < -0.39 is 0 Å². The van der Waals surface area contributed by atoms with Gasteiger partial charge in [-0.15, -0.1) is 0 Å². The molecule has 4 rings (SSSR count). The summed E-state index contributed by atoms with van der Waals surface area (Å²) in [5, 5.41) is 7.90. The molecule has 1 N–H and O–H groups in total. The number of halogens is 1. The van der Waals surface area contributed by atoms with Crippen LogP contribution in [0.2, 0.25) is 0 Å². The molecule has 2 heterocycles. The van der Waals surface area contributed by atoms with Crippen molar-refractivity contribution in [3.05, 3.63) is 72.7 Å². The molecule has 0 radical (unpaired) electrons. The second kappa shape index (κ2) is 6.24. The van der Waals surface area contributed by atoms with Crippen LogP contribution in [0.3, 0.4) is 0 Å². The molecule has 0 aliphatic rings. The molecule has 0 aliphatic heterocycles. The summed E-state index contributed by atoms with van der Waals surface area (Å²) in [6.45, 7) is 0. The van der Waals surface area contributed by atoms with Crippen LogP contribution in [0.15, 0.2) is 66.9 Å². The van der Waals surface area contributed by atoms with Crippen LogP contribution in [0.4, 0.5) is 15.9 Å². The zero-order valence-electron chi connectivity index (χ0n) is 13.5. The number of ether oxygens (including phenoxy) is 1. The molecule has 6 heteroatoms. The number of fused-ring (bicyclic) bond motifs is 1. The highest BCUT2D eigenvalue weighted by atomic mass is 19.1. The van der Waals surface area contributed by atoms with Crippen LogP contribution >= 0.6 is 0 Å². The van der Waals surface area contributed by atoms with Gasteiger partial charge in [0.2, 0.25) is 0 Å². The number of methoxy groups -OCH3 is 1. The fraction of sp³-hybridized carbons (Fsp3) is 0.0526. The number of hydrogen-bond acceptors (Lipinski definition) is 4. The van der Waals surface area contributed by atoms with Gasteiger partial charge in [-0.2, -0.15) is 9.61 Å². The van der Waals surface area contributed by atoms with E-state index >= 15 is 0 Å². The van der Waals surface area contributed by atoms with Gasteiger partial charge in [0.15, 0.2) is 11.5 Å². The molecule has 5 nitrogen and oxygen atoms in total. The molecule has 0 bridgehead atoms. The minimum absolute atomic E-state index is 0.271. The first-order chi connectivity index (χ1) is 12.2. The Hall–Kier alpha value is -3.41. The maximum Gasteiger partial charge on any atom is 0.155 e. The highest BCUT2D eigenvalue weighted by Crippen LogP contribution is 2.23. The van der Waals surface area contributed by atoms with Gasteiger partial charge in [-0.3, -0.25) is 0 Å². The minimum Gasteiger partial charge on any atom is -0.497 e. The van der Waals surface area contributed by atoms with Crippen molar-refractivity contribution in [1.82, 2.24) is 14.6 Å². The van der Waals surface area contributed by atoms with Crippen molar-refractivity contribution < 1.29 is 9.13 Å². The van der Waals surface area contributed by atoms with Crippen molar-refractivity contribution >= 4 is 17.2 Å². The predicted octanol–water partition coefficient (Wildman–Crippen LogP) is 4.29. The van der Waals surface area contributed by atoms with Gasteiger partial charge in [-0.05, 0) is 48.5 Å². The van der Waals surface area contributed by atoms with Gasteiger partial charge in [-0.25, -0.2) is 9.37 Å². The molecular weight excluding hydrogens is 319 g/mol. The van der Waals surface area contributed by atoms with Gasteiger partial charge in [0.25, 0.3) is 0 Å². The number of hydrogen-bond donors (Lipinski definition) is 1. The molecule has 0 aliphatic carbocycles. The van der Waals surface area contributed by atoms with Crippen molar-refractivity contribution in [3.8, 4) is 17.0 Å². The molecule has 0 atom stereocenters. The lowest BCUT2D eigenvalue weighted by Gasteiger charge is -2.08. The summed E-state index contributed by atoms with van der Waals surface area (Å²) >= 11 is 0. The van der Waals surface area contributed by atoms with Crippen LogP contribution in [0, 0.1) is 5.82 Å². The first-order valence-electron chi connectivity index (χ1n) is 7.75. The van der Waals surface area contributed by atoms with E-state index in [1.54, 1.807) is 30.0 Å². The van der Waals surface area contributed by atoms with E-state index in [-0.39, 0.29) is 5.82 Å². The summed E-state index contributed by atoms with van der Waals surface area (Å²) in [6.07, 6.45) is 1.72. The second-order valence-electron chi connectivity index (χ2n) is 5.50. The fourth-order valence-electron chi connectivity index (χ4n) is 2.58. The van der Waals surface area contributed by atoms with Crippen molar-refractivity contribution in [3.63, 3.8) is 0 Å². The van der Waals surface area contributed by atoms with Crippen LogP contribution in [0.1, 0.15) is 0 Å². The molecule has 0 unspecified atom stereocenters. The molecule has 2 aromatic heterocycles. The molecule has 0 amide bonds. The molecule has 2 aromatic carbocycles. The topological polar surface area (TPSA) is 51.5 Å². The van der Waals surface area contributed by atoms with Gasteiger partial charge < -0.3 is 10.1 Å². The maximum atomic E-state index is 13.1. The number of rotatable bonds is 4. The van der Waals surface area contributed by atoms with E-state index in [1.165, 1.54) is 12.1 Å². The Labute approximate surface area is 143 Å². The molecule has 0 saturated carbocycles. The van der Waals surface area contributed by atoms with Crippen LogP contribution < -0.4 is 10.1 Å². The number of nitrogens with one attached hydrogen (secondary N) is 1. The fourth-order valence-corrected chi connectivity index (χ4v) is 2.58. The molecule has 0 spiro atoms. The van der Waals surface area contributed by atoms with Gasteiger partial charge in [-0.1, -0.05) is 6.07 Å². The molecule has 0 fully saturated rings. The Morgan fingerprint density at radius 1 is 1.04 bits per heavy atom. The van der Waals surface area contributed by atoms with Crippen molar-refractivity contribution in [2.45, 2.75) is 0 Å². The Morgan fingerprint density at radius 3 is 2.68 bits per heavy atom. The summed E-state index contributed by atoms with van der Waals surface area (Å²) in [5.74, 6) is 1.22. The van der Waals surface area contributed by atoms with Gasteiger partial charge in [0.05, 0.1) is 19.0 Å². The third kappa shape index (κ3) is 3.01. The smallest absolute Gasteiger partial charge is 0.155 e. The van der Waals surface area contributed by atoms with E-state index in [4.69, 9.17) is 4.74 Å². The third-order valence-electron chi connectivity index (χ3n) is 3.84. The van der Waals surface area contributed by atoms with Crippen LogP contribution in [0.5, 0.6) is 5.75 Å². The zero-order chi connectivity index (χ0) is 17.2. The third-order valence-corrected chi connectivity index (χ3v) is 3.84. The lowest BCUT2D eigenvalue weighted by molar-refractivity contribution is 0.415. The molecule has 124 valence electrons. The summed E-state index contributed by atoms with van der Waals surface area (Å²) in [7, 11) is 1.63. The molecule has 25 heavy (non-hydrogen) atoms. The Balaban J connectivity index is 1.72. The SMILES string of the molecule is COc1cccc(Nc2cnc3ccc(-c4ccc(F)cc4)nn23)c1. The summed E-state index contributed by atoms with van der Waals surface area (Å²) in [5.41, 5.74) is 3.16. The van der Waals surface area contributed by atoms with Crippen LogP contribution in [-0.4, -0.2) is 21.7 Å². The maximum absolute atomic E-state index is 13.1. The average Bonchev–Trinajstić information content (AvgIpc) is 3.04. The van der Waals surface area contributed by atoms with E-state index in [0.717, 1.165) is 34.2 Å². The van der Waals surface area contributed by atoms with Gasteiger partial charge >= 0.3 is 0 Å². The highest BCUT2D eigenvalue weighted by Gasteiger charge is 2.08. The highest BCUT2D eigenvalue weighted by molar-refractivity contribution is 5.64. The van der Waals surface area contributed by atoms with Crippen LogP contribution in [-0.2, 0) is 0 Å². The van der Waals surface area contributed by atoms with Gasteiger partial charge in [0.1, 0.15) is 11.6 Å². The van der Waals surface area contributed by atoms with E-state index in [2.05, 4.69) is 15.4 Å². The number of anilines is 2. The van der Waals surface area contributed by atoms with Crippen molar-refractivity contribution in [2.24, 2.45) is 0 Å². The lowest BCUT2D eigenvalue weighted by atomic mass is 10.1. The monoisotopic (exact) mass is 334 g/mol. The summed E-state index contributed by atoms with van der Waals surface area (Å²) in [6, 6.07) is 17.6. The number of nitrogens with zero attached hydrogens (tertiary/aromatic N) is 3. The summed E-state index contributed by atoms with van der Waals surface area (Å²) < 4.78 is 20.1. The normalized spacial score (nSPS) is 10.8. The number of benzene rings is 2. The Kier molecular flexibility index (Phi) is 3.78. The van der Waals surface area contributed by atoms with E-state index in [9.17, 15) is 4.39 Å². The molecule has 4 aromatic rings. The Morgan fingerprint density at radius 2 is 1.88 bits per heavy atom.